The summed E-state index contributed by atoms with van der Waals surface area (Å²) in [6.07, 6.45) is 1.67. The fourth-order valence-electron chi connectivity index (χ4n) is 3.16. The minimum absolute atomic E-state index is 0.133. The molecule has 0 aliphatic carbocycles. The minimum Gasteiger partial charge on any atom is -0.490 e. The zero-order chi connectivity index (χ0) is 24.7. The summed E-state index contributed by atoms with van der Waals surface area (Å²) in [5.74, 6) is -1.15. The lowest BCUT2D eigenvalue weighted by Crippen LogP contribution is -2.03. The second-order valence-electron chi connectivity index (χ2n) is 7.11. The third kappa shape index (κ3) is 6.03. The van der Waals surface area contributed by atoms with Crippen LogP contribution >= 0.6 is 15.9 Å². The monoisotopic (exact) mass is 521 g/mol. The maximum atomic E-state index is 11.2. The zero-order valence-electron chi connectivity index (χ0n) is 18.1. The molecule has 0 saturated heterocycles. The van der Waals surface area contributed by atoms with E-state index in [-0.39, 0.29) is 17.7 Å². The fraction of sp³-hybridized carbons (Fsp3) is 0.115. The number of carboxylic acid groups (broad SMARTS) is 2. The molecule has 0 heterocycles. The lowest BCUT2D eigenvalue weighted by molar-refractivity contribution is 0.0686. The Kier molecular flexibility index (Phi) is 8.06. The molecule has 34 heavy (non-hydrogen) atoms. The molecular formula is C26H20BrNO6. The smallest absolute Gasteiger partial charge is 0.335 e. The van der Waals surface area contributed by atoms with Gasteiger partial charge in [-0.3, -0.25) is 0 Å². The predicted molar refractivity (Wildman–Crippen MR) is 130 cm³/mol. The van der Waals surface area contributed by atoms with Crippen molar-refractivity contribution in [1.29, 1.82) is 5.26 Å². The van der Waals surface area contributed by atoms with Gasteiger partial charge in [0, 0.05) is 0 Å². The van der Waals surface area contributed by atoms with E-state index in [0.717, 1.165) is 0 Å². The first-order chi connectivity index (χ1) is 16.3. The number of nitriles is 1. The average molecular weight is 522 g/mol. The van der Waals surface area contributed by atoms with Crippen LogP contribution in [-0.2, 0) is 6.61 Å². The maximum Gasteiger partial charge on any atom is 0.335 e. The highest BCUT2D eigenvalue weighted by Crippen LogP contribution is 2.38. The van der Waals surface area contributed by atoms with Crippen molar-refractivity contribution in [2.75, 3.05) is 6.61 Å². The molecule has 0 radical (unpaired) electrons. The van der Waals surface area contributed by atoms with Gasteiger partial charge in [0.05, 0.1) is 33.8 Å². The molecule has 0 atom stereocenters. The first-order valence-corrected chi connectivity index (χ1v) is 11.0. The molecule has 0 aromatic heterocycles. The first kappa shape index (κ1) is 24.6. The lowest BCUT2D eigenvalue weighted by atomic mass is 10.0. The molecule has 8 heteroatoms. The van der Waals surface area contributed by atoms with Crippen molar-refractivity contribution < 1.29 is 29.3 Å². The second-order valence-corrected chi connectivity index (χ2v) is 7.96. The van der Waals surface area contributed by atoms with Crippen LogP contribution in [0.5, 0.6) is 11.5 Å². The van der Waals surface area contributed by atoms with E-state index in [9.17, 15) is 20.0 Å². The largest absolute Gasteiger partial charge is 0.490 e. The molecule has 0 spiro atoms. The van der Waals surface area contributed by atoms with Crippen LogP contribution in [-0.4, -0.2) is 28.8 Å². The number of hydrogen-bond acceptors (Lipinski definition) is 5. The third-order valence-electron chi connectivity index (χ3n) is 4.76. The van der Waals surface area contributed by atoms with Gasteiger partial charge in [-0.25, -0.2) is 9.59 Å². The van der Waals surface area contributed by atoms with E-state index in [2.05, 4.69) is 22.0 Å². The third-order valence-corrected chi connectivity index (χ3v) is 5.35. The van der Waals surface area contributed by atoms with Crippen molar-refractivity contribution in [3.05, 3.63) is 93.0 Å². The number of nitrogens with zero attached hydrogens (tertiary/aromatic N) is 1. The number of ether oxygens (including phenoxy) is 2. The molecule has 2 N–H and O–H groups in total. The summed E-state index contributed by atoms with van der Waals surface area (Å²) in [7, 11) is 0. The number of carbonyl (C=O) groups is 2. The van der Waals surface area contributed by atoms with E-state index in [4.69, 9.17) is 14.6 Å². The highest BCUT2D eigenvalue weighted by atomic mass is 79.9. The van der Waals surface area contributed by atoms with Crippen molar-refractivity contribution in [3.63, 3.8) is 0 Å². The van der Waals surface area contributed by atoms with Gasteiger partial charge in [-0.15, -0.1) is 0 Å². The van der Waals surface area contributed by atoms with Crippen LogP contribution in [0.25, 0.3) is 11.6 Å². The van der Waals surface area contributed by atoms with Gasteiger partial charge >= 0.3 is 11.9 Å². The fourth-order valence-corrected chi connectivity index (χ4v) is 3.74. The van der Waals surface area contributed by atoms with Crippen LogP contribution < -0.4 is 9.47 Å². The van der Waals surface area contributed by atoms with Crippen LogP contribution in [0.3, 0.4) is 0 Å². The molecule has 3 aromatic carbocycles. The molecule has 3 aromatic rings. The number of aromatic carboxylic acids is 2. The Balaban J connectivity index is 1.90. The standard InChI is InChI=1S/C26H20BrNO6/c1-2-33-23-13-17(11-21(14-28)18-6-8-19(9-7-18)25(29)30)12-22(27)24(23)34-15-16-4-3-5-20(10-16)26(31)32/h3-13H,2,15H2,1H3,(H,29,30)(H,31,32)/b21-11-. The van der Waals surface area contributed by atoms with Crippen molar-refractivity contribution >= 4 is 39.5 Å². The van der Waals surface area contributed by atoms with Gasteiger partial charge in [-0.05, 0) is 82.0 Å². The van der Waals surface area contributed by atoms with E-state index >= 15 is 0 Å². The van der Waals surface area contributed by atoms with Gasteiger partial charge < -0.3 is 19.7 Å². The first-order valence-electron chi connectivity index (χ1n) is 10.2. The maximum absolute atomic E-state index is 11.2. The van der Waals surface area contributed by atoms with Gasteiger partial charge in [-0.1, -0.05) is 24.3 Å². The van der Waals surface area contributed by atoms with Crippen LogP contribution in [0.15, 0.2) is 65.1 Å². The number of benzene rings is 3. The van der Waals surface area contributed by atoms with E-state index < -0.39 is 11.9 Å². The molecular weight excluding hydrogens is 502 g/mol. The predicted octanol–water partition coefficient (Wildman–Crippen LogP) is 5.89. The molecule has 7 nitrogen and oxygen atoms in total. The Bertz CT molecular complexity index is 1290. The molecule has 0 amide bonds. The summed E-state index contributed by atoms with van der Waals surface area (Å²) in [5.41, 5.74) is 2.61. The molecule has 172 valence electrons. The van der Waals surface area contributed by atoms with Gasteiger partial charge in [0.25, 0.3) is 0 Å². The topological polar surface area (TPSA) is 117 Å². The molecule has 0 saturated carbocycles. The van der Waals surface area contributed by atoms with Crippen LogP contribution in [0.2, 0.25) is 0 Å². The Labute approximate surface area is 204 Å². The van der Waals surface area contributed by atoms with E-state index in [1.54, 1.807) is 48.5 Å². The number of halogens is 1. The number of allylic oxidation sites excluding steroid dienone is 1. The molecule has 3 rings (SSSR count). The summed E-state index contributed by atoms with van der Waals surface area (Å²) in [5, 5.41) is 27.9. The van der Waals surface area contributed by atoms with Crippen molar-refractivity contribution in [2.45, 2.75) is 13.5 Å². The van der Waals surface area contributed by atoms with E-state index in [0.29, 0.717) is 44.8 Å². The summed E-state index contributed by atoms with van der Waals surface area (Å²) < 4.78 is 12.3. The molecule has 0 aliphatic rings. The highest BCUT2D eigenvalue weighted by molar-refractivity contribution is 9.10. The Morgan fingerprint density at radius 2 is 1.65 bits per heavy atom. The van der Waals surface area contributed by atoms with Gasteiger partial charge in [0.15, 0.2) is 11.5 Å². The van der Waals surface area contributed by atoms with Gasteiger partial charge in [0.2, 0.25) is 0 Å². The Morgan fingerprint density at radius 1 is 0.971 bits per heavy atom. The van der Waals surface area contributed by atoms with E-state index in [1.165, 1.54) is 18.2 Å². The second kappa shape index (κ2) is 11.2. The normalized spacial score (nSPS) is 10.9. The number of carboxylic acids is 2. The van der Waals surface area contributed by atoms with Crippen molar-refractivity contribution in [1.82, 2.24) is 0 Å². The molecule has 0 aliphatic heterocycles. The van der Waals surface area contributed by atoms with Gasteiger partial charge in [0.1, 0.15) is 6.61 Å². The lowest BCUT2D eigenvalue weighted by Gasteiger charge is -2.15. The molecule has 0 unspecified atom stereocenters. The van der Waals surface area contributed by atoms with Gasteiger partial charge in [-0.2, -0.15) is 5.26 Å². The Morgan fingerprint density at radius 3 is 2.26 bits per heavy atom. The van der Waals surface area contributed by atoms with Crippen molar-refractivity contribution in [2.24, 2.45) is 0 Å². The van der Waals surface area contributed by atoms with Crippen molar-refractivity contribution in [3.8, 4) is 17.6 Å². The summed E-state index contributed by atoms with van der Waals surface area (Å²) in [6, 6.07) is 18.2. The minimum atomic E-state index is -1.04. The summed E-state index contributed by atoms with van der Waals surface area (Å²) in [6.45, 7) is 2.35. The highest BCUT2D eigenvalue weighted by Gasteiger charge is 2.14. The SMILES string of the molecule is CCOc1cc(/C=C(/C#N)c2ccc(C(=O)O)cc2)cc(Br)c1OCc1cccc(C(=O)O)c1. The Hall–Kier alpha value is -4.09. The quantitative estimate of drug-likeness (QED) is 0.266. The van der Waals surface area contributed by atoms with E-state index in [1.807, 2.05) is 6.92 Å². The summed E-state index contributed by atoms with van der Waals surface area (Å²) in [4.78, 5) is 22.3. The summed E-state index contributed by atoms with van der Waals surface area (Å²) >= 11 is 3.50. The number of hydrogen-bond donors (Lipinski definition) is 2. The molecule has 0 fully saturated rings. The zero-order valence-corrected chi connectivity index (χ0v) is 19.7. The van der Waals surface area contributed by atoms with Crippen LogP contribution in [0.1, 0.15) is 44.3 Å². The number of rotatable bonds is 9. The van der Waals surface area contributed by atoms with Crippen LogP contribution in [0, 0.1) is 11.3 Å². The van der Waals surface area contributed by atoms with Crippen LogP contribution in [0.4, 0.5) is 0 Å². The average Bonchev–Trinajstić information content (AvgIpc) is 2.82. The molecule has 0 bridgehead atoms.